The molecule has 2 aliphatic rings. The van der Waals surface area contributed by atoms with Crippen LogP contribution in [0.2, 0.25) is 5.02 Å². The van der Waals surface area contributed by atoms with Crippen molar-refractivity contribution in [3.63, 3.8) is 0 Å². The normalized spacial score (nSPS) is 16.3. The predicted octanol–water partition coefficient (Wildman–Crippen LogP) is 4.93. The van der Waals surface area contributed by atoms with Gasteiger partial charge in [-0.1, -0.05) is 41.9 Å². The molecule has 0 amide bonds. The fourth-order valence-electron chi connectivity index (χ4n) is 3.43. The average molecular weight is 436 g/mol. The summed E-state index contributed by atoms with van der Waals surface area (Å²) in [6.07, 6.45) is 5.48. The molecule has 0 aromatic heterocycles. The van der Waals surface area contributed by atoms with E-state index in [0.717, 1.165) is 28.1 Å². The molecule has 0 bridgehead atoms. The maximum absolute atomic E-state index is 13.1. The number of nitrogens with zero attached hydrogens (tertiary/aromatic N) is 1. The lowest BCUT2D eigenvalue weighted by atomic mass is 9.81. The van der Waals surface area contributed by atoms with Gasteiger partial charge in [-0.25, -0.2) is 4.99 Å². The number of fused-ring (bicyclic) bond motifs is 2. The lowest BCUT2D eigenvalue weighted by Crippen LogP contribution is -2.23. The van der Waals surface area contributed by atoms with Gasteiger partial charge in [-0.15, -0.1) is 0 Å². The van der Waals surface area contributed by atoms with Crippen molar-refractivity contribution in [3.05, 3.63) is 93.7 Å². The summed E-state index contributed by atoms with van der Waals surface area (Å²) >= 11 is 6.14. The van der Waals surface area contributed by atoms with Gasteiger partial charge in [-0.05, 0) is 42.0 Å². The highest BCUT2D eigenvalue weighted by Gasteiger charge is 2.31. The molecule has 0 heterocycles. The number of methoxy groups -OCH3 is 1. The van der Waals surface area contributed by atoms with Crippen molar-refractivity contribution in [2.75, 3.05) is 33.5 Å². The number of benzene rings is 2. The van der Waals surface area contributed by atoms with E-state index in [1.165, 1.54) is 0 Å². The third-order valence-electron chi connectivity index (χ3n) is 4.90. The van der Waals surface area contributed by atoms with Gasteiger partial charge in [0.25, 0.3) is 0 Å². The van der Waals surface area contributed by atoms with E-state index in [1.54, 1.807) is 25.3 Å². The van der Waals surface area contributed by atoms with E-state index in [1.807, 2.05) is 48.6 Å². The first-order valence-corrected chi connectivity index (χ1v) is 10.4. The molecule has 158 valence electrons. The highest BCUT2D eigenvalue weighted by atomic mass is 35.5. The van der Waals surface area contributed by atoms with Crippen LogP contribution in [-0.2, 0) is 19.0 Å². The van der Waals surface area contributed by atoms with Gasteiger partial charge in [0.1, 0.15) is 6.61 Å². The molecular formula is C25H22ClNO4. The first-order valence-electron chi connectivity index (χ1n) is 9.99. The van der Waals surface area contributed by atoms with Gasteiger partial charge in [-0.3, -0.25) is 4.79 Å². The number of hydrogen-bond donors (Lipinski definition) is 0. The van der Waals surface area contributed by atoms with E-state index < -0.39 is 0 Å². The molecule has 0 fully saturated rings. The first kappa shape index (κ1) is 21.2. The monoisotopic (exact) mass is 435 g/mol. The number of ketones is 1. The Hall–Kier alpha value is -2.99. The Kier molecular flexibility index (Phi) is 6.77. The van der Waals surface area contributed by atoms with Crippen LogP contribution in [-0.4, -0.2) is 45.0 Å². The van der Waals surface area contributed by atoms with Crippen LogP contribution in [0.1, 0.15) is 11.1 Å². The third kappa shape index (κ3) is 4.85. The smallest absolute Gasteiger partial charge is 0.228 e. The van der Waals surface area contributed by atoms with E-state index in [2.05, 4.69) is 0 Å². The van der Waals surface area contributed by atoms with Crippen LogP contribution in [0, 0.1) is 0 Å². The Morgan fingerprint density at radius 1 is 0.935 bits per heavy atom. The molecule has 0 atom stereocenters. The molecule has 0 saturated carbocycles. The fraction of sp³-hybridized carbons (Fsp3) is 0.200. The summed E-state index contributed by atoms with van der Waals surface area (Å²) in [6, 6.07) is 15.2. The highest BCUT2D eigenvalue weighted by Crippen LogP contribution is 2.35. The zero-order valence-corrected chi connectivity index (χ0v) is 17.9. The molecule has 0 radical (unpaired) electrons. The summed E-state index contributed by atoms with van der Waals surface area (Å²) < 4.78 is 16.0. The second-order valence-corrected chi connectivity index (χ2v) is 7.42. The Morgan fingerprint density at radius 2 is 1.77 bits per heavy atom. The van der Waals surface area contributed by atoms with Crippen LogP contribution in [0.25, 0.3) is 6.08 Å². The van der Waals surface area contributed by atoms with Crippen LogP contribution in [0.15, 0.2) is 82.6 Å². The Bertz CT molecular complexity index is 1110. The Labute approximate surface area is 186 Å². The quantitative estimate of drug-likeness (QED) is 0.551. The van der Waals surface area contributed by atoms with E-state index in [-0.39, 0.29) is 12.4 Å². The summed E-state index contributed by atoms with van der Waals surface area (Å²) in [6.45, 7) is 1.68. The molecule has 4 rings (SSSR count). The minimum atomic E-state index is -0.164. The molecule has 0 spiro atoms. The van der Waals surface area contributed by atoms with Crippen molar-refractivity contribution in [1.29, 1.82) is 0 Å². The molecule has 5 nitrogen and oxygen atoms in total. The molecule has 2 aromatic rings. The van der Waals surface area contributed by atoms with Gasteiger partial charge in [0.15, 0.2) is 5.76 Å². The number of halogens is 1. The summed E-state index contributed by atoms with van der Waals surface area (Å²) in [7, 11) is 1.62. The van der Waals surface area contributed by atoms with Gasteiger partial charge in [0.2, 0.25) is 5.78 Å². The zero-order chi connectivity index (χ0) is 21.6. The van der Waals surface area contributed by atoms with E-state index >= 15 is 0 Å². The summed E-state index contributed by atoms with van der Waals surface area (Å²) in [5, 5.41) is 0.610. The largest absolute Gasteiger partial charge is 0.487 e. The Balaban J connectivity index is 1.63. The molecular weight excluding hydrogens is 414 g/mol. The average Bonchev–Trinajstić information content (AvgIpc) is 2.78. The van der Waals surface area contributed by atoms with E-state index in [4.69, 9.17) is 30.8 Å². The molecule has 2 aromatic carbocycles. The molecule has 0 N–H and O–H groups in total. The maximum atomic E-state index is 13.1. The van der Waals surface area contributed by atoms with Crippen LogP contribution >= 0.6 is 11.6 Å². The van der Waals surface area contributed by atoms with Gasteiger partial charge in [-0.2, -0.15) is 0 Å². The van der Waals surface area contributed by atoms with Crippen molar-refractivity contribution in [2.24, 2.45) is 4.99 Å². The second kappa shape index (κ2) is 9.88. The second-order valence-electron chi connectivity index (χ2n) is 6.98. The molecule has 2 aliphatic carbocycles. The SMILES string of the molecule is COCCOCCOC1=CC=C2C(=Cc3ccccc3C2=Nc2cccc(Cl)c2)C1=O. The van der Waals surface area contributed by atoms with E-state index in [0.29, 0.717) is 36.2 Å². The van der Waals surface area contributed by atoms with Crippen molar-refractivity contribution in [3.8, 4) is 0 Å². The van der Waals surface area contributed by atoms with Crippen LogP contribution in [0.5, 0.6) is 0 Å². The molecule has 0 saturated heterocycles. The van der Waals surface area contributed by atoms with E-state index in [9.17, 15) is 4.79 Å². The Morgan fingerprint density at radius 3 is 2.61 bits per heavy atom. The first-order chi connectivity index (χ1) is 15.2. The van der Waals surface area contributed by atoms with Gasteiger partial charge >= 0.3 is 0 Å². The van der Waals surface area contributed by atoms with Gasteiger partial charge < -0.3 is 14.2 Å². The van der Waals surface area contributed by atoms with Crippen LogP contribution < -0.4 is 0 Å². The molecule has 6 heteroatoms. The number of allylic oxidation sites excluding steroid dienone is 4. The van der Waals surface area contributed by atoms with Crippen LogP contribution in [0.4, 0.5) is 5.69 Å². The minimum absolute atomic E-state index is 0.164. The number of Topliss-reactive ketones (excluding diaryl/α,β-unsaturated/α-hetero) is 1. The third-order valence-corrected chi connectivity index (χ3v) is 5.13. The number of aliphatic imine (C=N–C) groups is 1. The number of hydrogen-bond acceptors (Lipinski definition) is 5. The number of carbonyl (C=O) groups is 1. The van der Waals surface area contributed by atoms with Crippen molar-refractivity contribution < 1.29 is 19.0 Å². The van der Waals surface area contributed by atoms with Crippen molar-refractivity contribution >= 4 is 34.9 Å². The van der Waals surface area contributed by atoms with Crippen molar-refractivity contribution in [2.45, 2.75) is 0 Å². The lowest BCUT2D eigenvalue weighted by molar-refractivity contribution is -0.115. The fourth-order valence-corrected chi connectivity index (χ4v) is 3.62. The number of ether oxygens (including phenoxy) is 3. The lowest BCUT2D eigenvalue weighted by Gasteiger charge is -2.24. The highest BCUT2D eigenvalue weighted by molar-refractivity contribution is 6.31. The maximum Gasteiger partial charge on any atom is 0.228 e. The van der Waals surface area contributed by atoms with Crippen LogP contribution in [0.3, 0.4) is 0 Å². The van der Waals surface area contributed by atoms with Gasteiger partial charge in [0, 0.05) is 28.8 Å². The standard InChI is InChI=1S/C25H22ClNO4/c1-29-11-12-30-13-14-31-23-10-9-21-22(25(23)28)15-17-5-2-3-8-20(17)24(21)27-19-7-4-6-18(26)16-19/h2-10,15-16H,11-14H2,1H3. The molecule has 31 heavy (non-hydrogen) atoms. The zero-order valence-electron chi connectivity index (χ0n) is 17.1. The summed E-state index contributed by atoms with van der Waals surface area (Å²) in [4.78, 5) is 18.0. The molecule has 0 aliphatic heterocycles. The topological polar surface area (TPSA) is 57.1 Å². The minimum Gasteiger partial charge on any atom is -0.487 e. The number of rotatable bonds is 8. The predicted molar refractivity (Wildman–Crippen MR) is 122 cm³/mol. The van der Waals surface area contributed by atoms with Crippen molar-refractivity contribution in [1.82, 2.24) is 0 Å². The van der Waals surface area contributed by atoms with Gasteiger partial charge in [0.05, 0.1) is 31.2 Å². The summed E-state index contributed by atoms with van der Waals surface area (Å²) in [5.41, 5.74) is 4.71. The number of carbonyl (C=O) groups excluding carboxylic acids is 1. The molecule has 0 unspecified atom stereocenters. The summed E-state index contributed by atoms with van der Waals surface area (Å²) in [5.74, 6) is 0.134.